The van der Waals surface area contributed by atoms with Gasteiger partial charge in [-0.1, -0.05) is 0 Å². The number of hydrogen-bond donors (Lipinski definition) is 2. The number of nitrogens with one attached hydrogen (secondary N) is 1. The van der Waals surface area contributed by atoms with Gasteiger partial charge in [-0.25, -0.2) is 4.79 Å². The van der Waals surface area contributed by atoms with Gasteiger partial charge in [0.15, 0.2) is 0 Å². The minimum atomic E-state index is -1.08. The van der Waals surface area contributed by atoms with Gasteiger partial charge in [0.05, 0.1) is 5.92 Å². The van der Waals surface area contributed by atoms with Crippen molar-refractivity contribution in [1.29, 1.82) is 0 Å². The van der Waals surface area contributed by atoms with E-state index in [0.717, 1.165) is 0 Å². The van der Waals surface area contributed by atoms with Crippen molar-refractivity contribution in [2.24, 2.45) is 5.92 Å². The smallest absolute Gasteiger partial charge is 0.329 e. The van der Waals surface area contributed by atoms with Crippen molar-refractivity contribution in [2.45, 2.75) is 38.1 Å². The lowest BCUT2D eigenvalue weighted by atomic mass is 9.94. The highest BCUT2D eigenvalue weighted by Crippen LogP contribution is 2.31. The Morgan fingerprint density at radius 3 is 2.78 bits per heavy atom. The molecule has 100 valence electrons. The fourth-order valence-corrected chi connectivity index (χ4v) is 2.70. The van der Waals surface area contributed by atoms with Crippen LogP contribution in [0.4, 0.5) is 0 Å². The van der Waals surface area contributed by atoms with Gasteiger partial charge in [-0.2, -0.15) is 0 Å². The first kappa shape index (κ1) is 12.9. The molecule has 18 heavy (non-hydrogen) atoms. The molecule has 2 N–H and O–H groups in total. The molecule has 0 aromatic carbocycles. The van der Waals surface area contributed by atoms with E-state index in [2.05, 4.69) is 5.32 Å². The number of hydrogen-bond acceptors (Lipinski definition) is 3. The van der Waals surface area contributed by atoms with E-state index in [-0.39, 0.29) is 17.7 Å². The molecule has 0 aromatic rings. The predicted octanol–water partition coefficient (Wildman–Crippen LogP) is -0.0217. The highest BCUT2D eigenvalue weighted by molar-refractivity contribution is 5.89. The lowest BCUT2D eigenvalue weighted by Crippen LogP contribution is -2.54. The van der Waals surface area contributed by atoms with Crippen LogP contribution in [0.2, 0.25) is 0 Å². The number of carbonyl (C=O) groups excluding carboxylic acids is 2. The van der Waals surface area contributed by atoms with Crippen LogP contribution in [0, 0.1) is 5.92 Å². The fourth-order valence-electron chi connectivity index (χ4n) is 2.70. The molecule has 2 saturated heterocycles. The van der Waals surface area contributed by atoms with Crippen LogP contribution < -0.4 is 5.32 Å². The maximum absolute atomic E-state index is 12.3. The summed E-state index contributed by atoms with van der Waals surface area (Å²) >= 11 is 0. The van der Waals surface area contributed by atoms with Crippen molar-refractivity contribution in [3.05, 3.63) is 0 Å². The summed E-state index contributed by atoms with van der Waals surface area (Å²) in [6.45, 7) is 2.41. The van der Waals surface area contributed by atoms with E-state index in [1.807, 2.05) is 0 Å². The third-order valence-corrected chi connectivity index (χ3v) is 3.98. The standard InChI is InChI=1S/C12H18N2O4/c1-12(11(17)18)5-2-6-14(12)10(16)8-3-4-9(15)13-7-8/h8H,2-7H2,1H3,(H,13,15)(H,17,18). The van der Waals surface area contributed by atoms with Crippen molar-refractivity contribution in [3.63, 3.8) is 0 Å². The molecular formula is C12H18N2O4. The Labute approximate surface area is 105 Å². The number of carboxylic acids is 1. The normalized spacial score (nSPS) is 32.2. The van der Waals surface area contributed by atoms with E-state index in [1.54, 1.807) is 6.92 Å². The number of nitrogens with zero attached hydrogens (tertiary/aromatic N) is 1. The molecule has 0 radical (unpaired) electrons. The quantitative estimate of drug-likeness (QED) is 0.725. The molecule has 2 aliphatic heterocycles. The van der Waals surface area contributed by atoms with Crippen LogP contribution in [0.3, 0.4) is 0 Å². The largest absolute Gasteiger partial charge is 0.480 e. The minimum absolute atomic E-state index is 0.0403. The van der Waals surface area contributed by atoms with Gasteiger partial charge in [-0.05, 0) is 26.2 Å². The number of piperidine rings is 1. The second kappa shape index (κ2) is 4.59. The Morgan fingerprint density at radius 2 is 2.22 bits per heavy atom. The zero-order valence-corrected chi connectivity index (χ0v) is 10.4. The Balaban J connectivity index is 2.09. The minimum Gasteiger partial charge on any atom is -0.480 e. The lowest BCUT2D eigenvalue weighted by molar-refractivity contribution is -0.157. The number of aliphatic carboxylic acids is 1. The number of carbonyl (C=O) groups is 3. The third-order valence-electron chi connectivity index (χ3n) is 3.98. The molecule has 0 aromatic heterocycles. The van der Waals surface area contributed by atoms with E-state index in [9.17, 15) is 19.5 Å². The van der Waals surface area contributed by atoms with E-state index in [4.69, 9.17) is 0 Å². The van der Waals surface area contributed by atoms with Gasteiger partial charge < -0.3 is 15.3 Å². The van der Waals surface area contributed by atoms with Crippen LogP contribution in [0.1, 0.15) is 32.6 Å². The molecule has 2 fully saturated rings. The van der Waals surface area contributed by atoms with Crippen LogP contribution in [-0.2, 0) is 14.4 Å². The summed E-state index contributed by atoms with van der Waals surface area (Å²) in [6, 6.07) is 0. The first-order chi connectivity index (χ1) is 8.45. The average molecular weight is 254 g/mol. The molecule has 0 spiro atoms. The van der Waals surface area contributed by atoms with Gasteiger partial charge in [0.25, 0.3) is 0 Å². The van der Waals surface area contributed by atoms with E-state index in [1.165, 1.54) is 4.90 Å². The zero-order chi connectivity index (χ0) is 13.3. The number of carboxylic acid groups (broad SMARTS) is 1. The first-order valence-corrected chi connectivity index (χ1v) is 6.27. The maximum Gasteiger partial charge on any atom is 0.329 e. The molecule has 2 aliphatic rings. The second-order valence-corrected chi connectivity index (χ2v) is 5.21. The van der Waals surface area contributed by atoms with E-state index < -0.39 is 11.5 Å². The van der Waals surface area contributed by atoms with Gasteiger partial charge in [0.1, 0.15) is 5.54 Å². The Kier molecular flexibility index (Phi) is 3.28. The first-order valence-electron chi connectivity index (χ1n) is 6.27. The number of likely N-dealkylation sites (tertiary alicyclic amines) is 1. The Hall–Kier alpha value is -1.59. The second-order valence-electron chi connectivity index (χ2n) is 5.21. The lowest BCUT2D eigenvalue weighted by Gasteiger charge is -2.35. The maximum atomic E-state index is 12.3. The molecule has 0 bridgehead atoms. The van der Waals surface area contributed by atoms with Crippen molar-refractivity contribution < 1.29 is 19.5 Å². The summed E-state index contributed by atoms with van der Waals surface area (Å²) in [7, 11) is 0. The summed E-state index contributed by atoms with van der Waals surface area (Å²) in [4.78, 5) is 36.2. The molecule has 2 atom stereocenters. The van der Waals surface area contributed by atoms with Crippen molar-refractivity contribution in [1.82, 2.24) is 10.2 Å². The summed E-state index contributed by atoms with van der Waals surface area (Å²) in [5.74, 6) is -1.41. The van der Waals surface area contributed by atoms with Crippen molar-refractivity contribution in [3.8, 4) is 0 Å². The van der Waals surface area contributed by atoms with Crippen LogP contribution in [0.15, 0.2) is 0 Å². The Bertz CT molecular complexity index is 386. The van der Waals surface area contributed by atoms with Gasteiger partial charge in [0, 0.05) is 19.5 Å². The molecular weight excluding hydrogens is 236 g/mol. The summed E-state index contributed by atoms with van der Waals surface area (Å²) in [6.07, 6.45) is 2.06. The molecule has 2 unspecified atom stereocenters. The Morgan fingerprint density at radius 1 is 1.50 bits per heavy atom. The summed E-state index contributed by atoms with van der Waals surface area (Å²) in [5, 5.41) is 11.9. The summed E-state index contributed by atoms with van der Waals surface area (Å²) in [5.41, 5.74) is -1.08. The van der Waals surface area contributed by atoms with Crippen LogP contribution in [-0.4, -0.2) is 46.4 Å². The highest BCUT2D eigenvalue weighted by Gasteiger charge is 2.47. The average Bonchev–Trinajstić information content (AvgIpc) is 2.73. The number of rotatable bonds is 2. The third kappa shape index (κ3) is 2.07. The molecule has 0 saturated carbocycles. The van der Waals surface area contributed by atoms with Crippen molar-refractivity contribution in [2.75, 3.05) is 13.1 Å². The zero-order valence-electron chi connectivity index (χ0n) is 10.4. The molecule has 6 nitrogen and oxygen atoms in total. The molecule has 2 rings (SSSR count). The topological polar surface area (TPSA) is 86.7 Å². The monoisotopic (exact) mass is 254 g/mol. The number of amides is 2. The molecule has 0 aliphatic carbocycles. The molecule has 2 heterocycles. The molecule has 6 heteroatoms. The van der Waals surface area contributed by atoms with Crippen molar-refractivity contribution >= 4 is 17.8 Å². The van der Waals surface area contributed by atoms with Gasteiger partial charge in [-0.15, -0.1) is 0 Å². The van der Waals surface area contributed by atoms with Gasteiger partial charge in [0.2, 0.25) is 11.8 Å². The van der Waals surface area contributed by atoms with Gasteiger partial charge in [-0.3, -0.25) is 9.59 Å². The van der Waals surface area contributed by atoms with Gasteiger partial charge >= 0.3 is 5.97 Å². The van der Waals surface area contributed by atoms with E-state index >= 15 is 0 Å². The molecule has 2 amide bonds. The fraction of sp³-hybridized carbons (Fsp3) is 0.750. The highest BCUT2D eigenvalue weighted by atomic mass is 16.4. The van der Waals surface area contributed by atoms with E-state index in [0.29, 0.717) is 38.8 Å². The van der Waals surface area contributed by atoms with Crippen LogP contribution in [0.25, 0.3) is 0 Å². The van der Waals surface area contributed by atoms with Crippen LogP contribution in [0.5, 0.6) is 0 Å². The SMILES string of the molecule is CC1(C(=O)O)CCCN1C(=O)C1CCC(=O)NC1. The van der Waals surface area contributed by atoms with Crippen LogP contribution >= 0.6 is 0 Å². The predicted molar refractivity (Wildman–Crippen MR) is 62.7 cm³/mol. The summed E-state index contributed by atoms with van der Waals surface area (Å²) < 4.78 is 0.